The van der Waals surface area contributed by atoms with Gasteiger partial charge in [-0.1, -0.05) is 31.2 Å². The van der Waals surface area contributed by atoms with E-state index in [1.165, 1.54) is 0 Å². The molecule has 0 spiro atoms. The van der Waals surface area contributed by atoms with Crippen LogP contribution in [0, 0.1) is 0 Å². The van der Waals surface area contributed by atoms with Crippen LogP contribution in [-0.2, 0) is 6.54 Å². The minimum absolute atomic E-state index is 0.0248. The molecule has 2 N–H and O–H groups in total. The molecule has 5 heteroatoms. The molecule has 1 aliphatic heterocycles. The maximum atomic E-state index is 12.1. The fourth-order valence-electron chi connectivity index (χ4n) is 2.84. The number of nitrogens with one attached hydrogen (secondary N) is 2. The third-order valence-electron chi connectivity index (χ3n) is 4.23. The van der Waals surface area contributed by atoms with E-state index in [1.807, 2.05) is 49.4 Å². The molecule has 1 amide bonds. The van der Waals surface area contributed by atoms with Crippen molar-refractivity contribution < 1.29 is 14.3 Å². The van der Waals surface area contributed by atoms with Crippen molar-refractivity contribution in [2.45, 2.75) is 32.9 Å². The first kappa shape index (κ1) is 17.3. The third-order valence-corrected chi connectivity index (χ3v) is 4.23. The Hall–Kier alpha value is -2.53. The Morgan fingerprint density at radius 2 is 2.04 bits per heavy atom. The van der Waals surface area contributed by atoms with Gasteiger partial charge in [-0.05, 0) is 37.1 Å². The average Bonchev–Trinajstić information content (AvgIpc) is 3.13. The Balaban J connectivity index is 1.64. The van der Waals surface area contributed by atoms with E-state index in [2.05, 4.69) is 17.6 Å². The van der Waals surface area contributed by atoms with Crippen molar-refractivity contribution in [3.63, 3.8) is 0 Å². The highest BCUT2D eigenvalue weighted by Crippen LogP contribution is 2.38. The van der Waals surface area contributed by atoms with Crippen LogP contribution in [0.1, 0.15) is 47.8 Å². The van der Waals surface area contributed by atoms with Crippen molar-refractivity contribution >= 4 is 5.91 Å². The summed E-state index contributed by atoms with van der Waals surface area (Å²) < 4.78 is 11.0. The Kier molecular flexibility index (Phi) is 5.56. The van der Waals surface area contributed by atoms with E-state index < -0.39 is 0 Å². The topological polar surface area (TPSA) is 59.6 Å². The predicted molar refractivity (Wildman–Crippen MR) is 96.9 cm³/mol. The van der Waals surface area contributed by atoms with Crippen molar-refractivity contribution in [3.8, 4) is 11.5 Å². The Labute approximate surface area is 148 Å². The number of carbonyl (C=O) groups is 1. The standard InChI is InChI=1S/C20H24N2O3/c1-3-10-21-20(23)16-7-4-6-15(11-16)12-22-14(2)17-8-5-9-18-19(17)25-13-24-18/h4-9,11,14,22H,3,10,12-13H2,1-2H3,(H,21,23). The molecule has 0 radical (unpaired) electrons. The number of amides is 1. The lowest BCUT2D eigenvalue weighted by molar-refractivity contribution is 0.0953. The van der Waals surface area contributed by atoms with Crippen LogP contribution in [-0.4, -0.2) is 19.2 Å². The van der Waals surface area contributed by atoms with Crippen LogP contribution in [0.2, 0.25) is 0 Å². The molecule has 2 aromatic carbocycles. The highest BCUT2D eigenvalue weighted by atomic mass is 16.7. The summed E-state index contributed by atoms with van der Waals surface area (Å²) in [6.07, 6.45) is 0.928. The first-order valence-electron chi connectivity index (χ1n) is 8.68. The number of carbonyl (C=O) groups excluding carboxylic acids is 1. The molecule has 0 saturated heterocycles. The number of hydrogen-bond donors (Lipinski definition) is 2. The zero-order chi connectivity index (χ0) is 17.6. The van der Waals surface area contributed by atoms with E-state index in [4.69, 9.17) is 9.47 Å². The molecule has 0 saturated carbocycles. The fraction of sp³-hybridized carbons (Fsp3) is 0.350. The summed E-state index contributed by atoms with van der Waals surface area (Å²) >= 11 is 0. The minimum Gasteiger partial charge on any atom is -0.454 e. The van der Waals surface area contributed by atoms with Crippen LogP contribution < -0.4 is 20.1 Å². The van der Waals surface area contributed by atoms with Gasteiger partial charge in [0.05, 0.1) is 0 Å². The quantitative estimate of drug-likeness (QED) is 0.811. The molecule has 1 aliphatic rings. The van der Waals surface area contributed by atoms with E-state index in [1.54, 1.807) is 0 Å². The van der Waals surface area contributed by atoms with Crippen molar-refractivity contribution in [1.29, 1.82) is 0 Å². The lowest BCUT2D eigenvalue weighted by Gasteiger charge is -2.16. The highest BCUT2D eigenvalue weighted by molar-refractivity contribution is 5.94. The summed E-state index contributed by atoms with van der Waals surface area (Å²) in [7, 11) is 0. The summed E-state index contributed by atoms with van der Waals surface area (Å²) in [4.78, 5) is 12.1. The molecule has 3 rings (SSSR count). The molecular weight excluding hydrogens is 316 g/mol. The van der Waals surface area contributed by atoms with Gasteiger partial charge in [0.25, 0.3) is 5.91 Å². The van der Waals surface area contributed by atoms with Gasteiger partial charge in [0, 0.05) is 30.3 Å². The number of rotatable bonds is 7. The maximum Gasteiger partial charge on any atom is 0.251 e. The van der Waals surface area contributed by atoms with E-state index in [0.717, 1.165) is 29.0 Å². The average molecular weight is 340 g/mol. The summed E-state index contributed by atoms with van der Waals surface area (Å²) in [5.41, 5.74) is 2.84. The zero-order valence-electron chi connectivity index (χ0n) is 14.7. The number of benzene rings is 2. The molecule has 132 valence electrons. The second-order valence-corrected chi connectivity index (χ2v) is 6.14. The van der Waals surface area contributed by atoms with Crippen molar-refractivity contribution in [1.82, 2.24) is 10.6 Å². The monoisotopic (exact) mass is 340 g/mol. The van der Waals surface area contributed by atoms with Crippen LogP contribution >= 0.6 is 0 Å². The number of fused-ring (bicyclic) bond motifs is 1. The summed E-state index contributed by atoms with van der Waals surface area (Å²) in [6.45, 7) is 5.76. The molecule has 1 heterocycles. The number of ether oxygens (including phenoxy) is 2. The van der Waals surface area contributed by atoms with Gasteiger partial charge in [-0.2, -0.15) is 0 Å². The van der Waals surface area contributed by atoms with Gasteiger partial charge < -0.3 is 20.1 Å². The largest absolute Gasteiger partial charge is 0.454 e. The molecule has 0 fully saturated rings. The molecule has 2 aromatic rings. The van der Waals surface area contributed by atoms with Gasteiger partial charge in [-0.15, -0.1) is 0 Å². The highest BCUT2D eigenvalue weighted by Gasteiger charge is 2.20. The molecule has 1 unspecified atom stereocenters. The molecular formula is C20H24N2O3. The van der Waals surface area contributed by atoms with Crippen LogP contribution in [0.25, 0.3) is 0 Å². The summed E-state index contributed by atoms with van der Waals surface area (Å²) in [5, 5.41) is 6.39. The van der Waals surface area contributed by atoms with Crippen molar-refractivity contribution in [2.24, 2.45) is 0 Å². The second-order valence-electron chi connectivity index (χ2n) is 6.14. The van der Waals surface area contributed by atoms with E-state index in [0.29, 0.717) is 18.7 Å². The SMILES string of the molecule is CCCNC(=O)c1cccc(CNC(C)c2cccc3c2OCO3)c1. The van der Waals surface area contributed by atoms with Crippen molar-refractivity contribution in [2.75, 3.05) is 13.3 Å². The van der Waals surface area contributed by atoms with Gasteiger partial charge in [0.1, 0.15) is 0 Å². The van der Waals surface area contributed by atoms with Gasteiger partial charge >= 0.3 is 0 Å². The first-order valence-corrected chi connectivity index (χ1v) is 8.68. The third kappa shape index (κ3) is 4.12. The summed E-state index contributed by atoms with van der Waals surface area (Å²) in [5.74, 6) is 1.58. The lowest BCUT2D eigenvalue weighted by atomic mass is 10.1. The lowest BCUT2D eigenvalue weighted by Crippen LogP contribution is -2.24. The van der Waals surface area contributed by atoms with Crippen molar-refractivity contribution in [3.05, 3.63) is 59.2 Å². The molecule has 0 aromatic heterocycles. The number of para-hydroxylation sites is 1. The smallest absolute Gasteiger partial charge is 0.251 e. The normalized spacial score (nSPS) is 13.5. The second kappa shape index (κ2) is 8.03. The predicted octanol–water partition coefficient (Wildman–Crippen LogP) is 3.41. The van der Waals surface area contributed by atoms with E-state index in [-0.39, 0.29) is 18.7 Å². The maximum absolute atomic E-state index is 12.1. The molecule has 25 heavy (non-hydrogen) atoms. The van der Waals surface area contributed by atoms with E-state index in [9.17, 15) is 4.79 Å². The number of hydrogen-bond acceptors (Lipinski definition) is 4. The summed E-state index contributed by atoms with van der Waals surface area (Å²) in [6, 6.07) is 13.7. The Morgan fingerprint density at radius 3 is 2.88 bits per heavy atom. The van der Waals surface area contributed by atoms with Gasteiger partial charge in [-0.25, -0.2) is 0 Å². The van der Waals surface area contributed by atoms with Gasteiger partial charge in [-0.3, -0.25) is 4.79 Å². The van der Waals surface area contributed by atoms with Crippen LogP contribution in [0.15, 0.2) is 42.5 Å². The first-order chi connectivity index (χ1) is 12.2. The van der Waals surface area contributed by atoms with Crippen LogP contribution in [0.5, 0.6) is 11.5 Å². The van der Waals surface area contributed by atoms with E-state index >= 15 is 0 Å². The molecule has 1 atom stereocenters. The zero-order valence-corrected chi connectivity index (χ0v) is 14.7. The Bertz CT molecular complexity index is 745. The fourth-order valence-corrected chi connectivity index (χ4v) is 2.84. The Morgan fingerprint density at radius 1 is 1.20 bits per heavy atom. The van der Waals surface area contributed by atoms with Crippen LogP contribution in [0.3, 0.4) is 0 Å². The molecule has 0 bridgehead atoms. The molecule has 5 nitrogen and oxygen atoms in total. The molecule has 0 aliphatic carbocycles. The van der Waals surface area contributed by atoms with Gasteiger partial charge in [0.2, 0.25) is 6.79 Å². The van der Waals surface area contributed by atoms with Crippen LogP contribution in [0.4, 0.5) is 0 Å². The minimum atomic E-state index is -0.0248. The van der Waals surface area contributed by atoms with Gasteiger partial charge in [0.15, 0.2) is 11.5 Å².